The number of nitrogens with zero attached hydrogens (tertiary/aromatic N) is 1. The maximum absolute atomic E-state index is 3.70. The Bertz CT molecular complexity index is 326. The molecule has 0 aromatic heterocycles. The van der Waals surface area contributed by atoms with Crippen LogP contribution in [0.4, 0.5) is 0 Å². The van der Waals surface area contributed by atoms with Crippen LogP contribution in [0.25, 0.3) is 0 Å². The van der Waals surface area contributed by atoms with Gasteiger partial charge in [0.25, 0.3) is 0 Å². The summed E-state index contributed by atoms with van der Waals surface area (Å²) >= 11 is 0. The summed E-state index contributed by atoms with van der Waals surface area (Å²) in [4.78, 5) is 0. The van der Waals surface area contributed by atoms with E-state index in [2.05, 4.69) is 49.6 Å². The van der Waals surface area contributed by atoms with Gasteiger partial charge in [0, 0.05) is 19.1 Å². The van der Waals surface area contributed by atoms with Crippen LogP contribution in [-0.4, -0.2) is 24.1 Å². The number of hydrogen-bond acceptors (Lipinski definition) is 2. The molecule has 0 saturated carbocycles. The van der Waals surface area contributed by atoms with Crippen LogP contribution in [0.15, 0.2) is 23.8 Å². The lowest BCUT2D eigenvalue weighted by Gasteiger charge is -2.27. The molecule has 1 N–H and O–H groups in total. The molecule has 0 spiro atoms. The van der Waals surface area contributed by atoms with Gasteiger partial charge in [-0.3, -0.25) is 0 Å². The van der Waals surface area contributed by atoms with Crippen LogP contribution in [0.3, 0.4) is 0 Å². The maximum atomic E-state index is 3.70. The largest absolute Gasteiger partial charge is 0.248 e. The fourth-order valence-electron chi connectivity index (χ4n) is 3.72. The molecular formula is C17H30N2. The van der Waals surface area contributed by atoms with Crippen molar-refractivity contribution in [1.82, 2.24) is 10.4 Å². The third kappa shape index (κ3) is 3.70. The van der Waals surface area contributed by atoms with Gasteiger partial charge in [-0.2, -0.15) is 0 Å². The zero-order valence-electron chi connectivity index (χ0n) is 12.9. The van der Waals surface area contributed by atoms with Gasteiger partial charge < -0.3 is 0 Å². The fraction of sp³-hybridized carbons (Fsp3) is 0.765. The van der Waals surface area contributed by atoms with E-state index < -0.39 is 0 Å². The van der Waals surface area contributed by atoms with Crippen molar-refractivity contribution in [3.05, 3.63) is 23.8 Å². The normalized spacial score (nSPS) is 28.1. The summed E-state index contributed by atoms with van der Waals surface area (Å²) in [6, 6.07) is 1.30. The summed E-state index contributed by atoms with van der Waals surface area (Å²) in [5.74, 6) is 0.859. The van der Waals surface area contributed by atoms with E-state index in [1.165, 1.54) is 44.9 Å². The fourth-order valence-corrected chi connectivity index (χ4v) is 3.72. The summed E-state index contributed by atoms with van der Waals surface area (Å²) in [5, 5.41) is 2.40. The summed E-state index contributed by atoms with van der Waals surface area (Å²) in [6.45, 7) is 4.63. The first-order valence-electron chi connectivity index (χ1n) is 8.10. The summed E-state index contributed by atoms with van der Waals surface area (Å²) in [7, 11) is 2.24. The minimum absolute atomic E-state index is 0.580. The van der Waals surface area contributed by atoms with Gasteiger partial charge in [-0.1, -0.05) is 50.5 Å². The molecule has 0 bridgehead atoms. The molecule has 2 heteroatoms. The Morgan fingerprint density at radius 2 is 2.05 bits per heavy atom. The molecule has 0 aromatic carbocycles. The Morgan fingerprint density at radius 3 is 2.63 bits per heavy atom. The molecule has 2 aliphatic rings. The summed E-state index contributed by atoms with van der Waals surface area (Å²) < 4.78 is 0. The predicted molar refractivity (Wildman–Crippen MR) is 82.9 cm³/mol. The van der Waals surface area contributed by atoms with Crippen LogP contribution in [-0.2, 0) is 0 Å². The van der Waals surface area contributed by atoms with Crippen molar-refractivity contribution in [1.29, 1.82) is 0 Å². The van der Waals surface area contributed by atoms with Crippen LogP contribution < -0.4 is 5.43 Å². The van der Waals surface area contributed by atoms with Gasteiger partial charge in [-0.05, 0) is 38.0 Å². The number of rotatable bonds is 6. The Kier molecular flexibility index (Phi) is 5.65. The molecule has 2 unspecified atom stereocenters. The lowest BCUT2D eigenvalue weighted by molar-refractivity contribution is 0.161. The first-order valence-corrected chi connectivity index (χ1v) is 8.10. The zero-order chi connectivity index (χ0) is 13.7. The van der Waals surface area contributed by atoms with Gasteiger partial charge in [0.1, 0.15) is 0 Å². The number of allylic oxidation sites excluding steroid dienone is 3. The molecule has 2 atom stereocenters. The molecule has 2 nitrogen and oxygen atoms in total. The molecule has 108 valence electrons. The van der Waals surface area contributed by atoms with E-state index in [-0.39, 0.29) is 0 Å². The molecule has 0 aromatic rings. The van der Waals surface area contributed by atoms with Crippen LogP contribution in [0.2, 0.25) is 0 Å². The molecule has 1 aliphatic carbocycles. The highest BCUT2D eigenvalue weighted by atomic mass is 15.5. The Labute approximate surface area is 118 Å². The van der Waals surface area contributed by atoms with Crippen LogP contribution >= 0.6 is 0 Å². The van der Waals surface area contributed by atoms with Crippen molar-refractivity contribution in [3.8, 4) is 0 Å². The van der Waals surface area contributed by atoms with Gasteiger partial charge in [0.05, 0.1) is 0 Å². The first kappa shape index (κ1) is 14.8. The van der Waals surface area contributed by atoms with E-state index in [1.807, 2.05) is 0 Å². The maximum Gasteiger partial charge on any atom is 0.0443 e. The Balaban J connectivity index is 1.99. The van der Waals surface area contributed by atoms with Crippen LogP contribution in [0.1, 0.15) is 58.8 Å². The molecule has 0 amide bonds. The predicted octanol–water partition coefficient (Wildman–Crippen LogP) is 4.06. The second kappa shape index (κ2) is 7.25. The third-order valence-electron chi connectivity index (χ3n) is 4.69. The highest BCUT2D eigenvalue weighted by Gasteiger charge is 2.35. The molecule has 19 heavy (non-hydrogen) atoms. The van der Waals surface area contributed by atoms with E-state index in [0.717, 1.165) is 12.0 Å². The minimum Gasteiger partial charge on any atom is -0.248 e. The van der Waals surface area contributed by atoms with Crippen molar-refractivity contribution >= 4 is 0 Å². The van der Waals surface area contributed by atoms with Crippen molar-refractivity contribution in [2.45, 2.75) is 70.9 Å². The molecule has 1 aliphatic heterocycles. The first-order chi connectivity index (χ1) is 9.26. The molecule has 0 radical (unpaired) electrons. The topological polar surface area (TPSA) is 15.3 Å². The van der Waals surface area contributed by atoms with Crippen molar-refractivity contribution < 1.29 is 0 Å². The zero-order valence-corrected chi connectivity index (χ0v) is 12.9. The quantitative estimate of drug-likeness (QED) is 0.776. The smallest absolute Gasteiger partial charge is 0.0443 e. The summed E-state index contributed by atoms with van der Waals surface area (Å²) in [6.07, 6.45) is 15.9. The van der Waals surface area contributed by atoms with Crippen LogP contribution in [0, 0.1) is 5.92 Å². The van der Waals surface area contributed by atoms with Gasteiger partial charge >= 0.3 is 0 Å². The van der Waals surface area contributed by atoms with Crippen molar-refractivity contribution in [3.63, 3.8) is 0 Å². The number of hydrogen-bond donors (Lipinski definition) is 1. The Morgan fingerprint density at radius 1 is 1.32 bits per heavy atom. The van der Waals surface area contributed by atoms with Crippen molar-refractivity contribution in [2.24, 2.45) is 5.92 Å². The minimum atomic E-state index is 0.580. The standard InChI is InChI=1S/C17H30N2/c1-4-9-15(10-5-2)17-13-16(18-19(17)3)14-11-7-6-8-12-14/h6-7,11,15-18H,4-5,8-10,12-13H2,1-3H3. The lowest BCUT2D eigenvalue weighted by atomic mass is 9.85. The molecular weight excluding hydrogens is 232 g/mol. The van der Waals surface area contributed by atoms with Gasteiger partial charge in [0.15, 0.2) is 0 Å². The highest BCUT2D eigenvalue weighted by Crippen LogP contribution is 2.31. The van der Waals surface area contributed by atoms with E-state index in [9.17, 15) is 0 Å². The number of hydrazine groups is 1. The van der Waals surface area contributed by atoms with Gasteiger partial charge in [-0.25, -0.2) is 10.4 Å². The van der Waals surface area contributed by atoms with E-state index in [0.29, 0.717) is 6.04 Å². The second-order valence-electron chi connectivity index (χ2n) is 6.14. The van der Waals surface area contributed by atoms with Crippen molar-refractivity contribution in [2.75, 3.05) is 7.05 Å². The second-order valence-corrected chi connectivity index (χ2v) is 6.14. The molecule has 2 rings (SSSR count). The van der Waals surface area contributed by atoms with Gasteiger partial charge in [0.2, 0.25) is 0 Å². The monoisotopic (exact) mass is 262 g/mol. The SMILES string of the molecule is CCCC(CCC)C1CC(C2=CC=CCC2)NN1C. The number of nitrogens with one attached hydrogen (secondary N) is 1. The molecule has 1 saturated heterocycles. The molecule has 1 heterocycles. The van der Waals surface area contributed by atoms with Gasteiger partial charge in [-0.15, -0.1) is 0 Å². The van der Waals surface area contributed by atoms with Crippen LogP contribution in [0.5, 0.6) is 0 Å². The average molecular weight is 262 g/mol. The Hall–Kier alpha value is -0.600. The molecule has 1 fully saturated rings. The van der Waals surface area contributed by atoms with E-state index in [4.69, 9.17) is 0 Å². The summed E-state index contributed by atoms with van der Waals surface area (Å²) in [5.41, 5.74) is 5.30. The van der Waals surface area contributed by atoms with E-state index >= 15 is 0 Å². The average Bonchev–Trinajstić information content (AvgIpc) is 2.82. The highest BCUT2D eigenvalue weighted by molar-refractivity contribution is 5.23. The lowest BCUT2D eigenvalue weighted by Crippen LogP contribution is -2.39. The van der Waals surface area contributed by atoms with E-state index in [1.54, 1.807) is 5.57 Å². The third-order valence-corrected chi connectivity index (χ3v) is 4.69.